The number of rotatable bonds is 6. The van der Waals surface area contributed by atoms with Gasteiger partial charge in [0.25, 0.3) is 0 Å². The number of hydrogen-bond acceptors (Lipinski definition) is 4. The Morgan fingerprint density at radius 1 is 1.41 bits per heavy atom. The quantitative estimate of drug-likeness (QED) is 0.699. The van der Waals surface area contributed by atoms with Crippen molar-refractivity contribution in [3.63, 3.8) is 0 Å². The Hall–Kier alpha value is -1.78. The fourth-order valence-electron chi connectivity index (χ4n) is 1.42. The van der Waals surface area contributed by atoms with Crippen molar-refractivity contribution in [2.24, 2.45) is 0 Å². The lowest BCUT2D eigenvalue weighted by Crippen LogP contribution is -2.35. The summed E-state index contributed by atoms with van der Waals surface area (Å²) in [5.74, 6) is -0.0445. The number of carbonyl (C=O) groups excluding carboxylic acids is 1. The van der Waals surface area contributed by atoms with Crippen molar-refractivity contribution in [1.29, 1.82) is 0 Å². The highest BCUT2D eigenvalue weighted by molar-refractivity contribution is 5.83. The molecule has 0 bridgehead atoms. The lowest BCUT2D eigenvalue weighted by atomic mass is 10.3. The van der Waals surface area contributed by atoms with E-state index >= 15 is 0 Å². The van der Waals surface area contributed by atoms with E-state index in [1.165, 1.54) is 0 Å². The Kier molecular flexibility index (Phi) is 5.26. The summed E-state index contributed by atoms with van der Waals surface area (Å²) in [6, 6.07) is 1.67. The van der Waals surface area contributed by atoms with Crippen LogP contribution in [0, 0.1) is 0 Å². The average Bonchev–Trinajstić information content (AvgIpc) is 2.35. The van der Waals surface area contributed by atoms with Crippen LogP contribution in [0.3, 0.4) is 0 Å². The standard InChI is InChI=1S/C12H20N4O/c1-4-5-15-10-6-11(8-14-7-10)16-9(2)12(17)13-3/h6-9,15-16H,4-5H2,1-3H3,(H,13,17). The van der Waals surface area contributed by atoms with Gasteiger partial charge in [-0.15, -0.1) is 0 Å². The van der Waals surface area contributed by atoms with E-state index < -0.39 is 0 Å². The number of hydrogen-bond donors (Lipinski definition) is 3. The van der Waals surface area contributed by atoms with Gasteiger partial charge in [0.1, 0.15) is 6.04 Å². The molecule has 1 rings (SSSR count). The van der Waals surface area contributed by atoms with Crippen molar-refractivity contribution in [1.82, 2.24) is 10.3 Å². The molecule has 5 nitrogen and oxygen atoms in total. The second-order valence-electron chi connectivity index (χ2n) is 3.87. The second kappa shape index (κ2) is 6.73. The van der Waals surface area contributed by atoms with Crippen LogP contribution in [0.5, 0.6) is 0 Å². The molecule has 0 spiro atoms. The van der Waals surface area contributed by atoms with Gasteiger partial charge in [-0.25, -0.2) is 0 Å². The van der Waals surface area contributed by atoms with Crippen LogP contribution < -0.4 is 16.0 Å². The molecule has 0 saturated heterocycles. The summed E-state index contributed by atoms with van der Waals surface area (Å²) in [7, 11) is 1.62. The van der Waals surface area contributed by atoms with Crippen LogP contribution in [0.25, 0.3) is 0 Å². The highest BCUT2D eigenvalue weighted by Crippen LogP contribution is 2.13. The summed E-state index contributed by atoms with van der Waals surface area (Å²) < 4.78 is 0. The number of aromatic nitrogens is 1. The van der Waals surface area contributed by atoms with E-state index in [-0.39, 0.29) is 11.9 Å². The van der Waals surface area contributed by atoms with E-state index in [0.29, 0.717) is 0 Å². The van der Waals surface area contributed by atoms with Gasteiger partial charge in [-0.3, -0.25) is 9.78 Å². The number of nitrogens with zero attached hydrogens (tertiary/aromatic N) is 1. The topological polar surface area (TPSA) is 66.0 Å². The molecule has 1 aromatic rings. The average molecular weight is 236 g/mol. The van der Waals surface area contributed by atoms with Gasteiger partial charge in [0.2, 0.25) is 5.91 Å². The van der Waals surface area contributed by atoms with E-state index in [0.717, 1.165) is 24.3 Å². The lowest BCUT2D eigenvalue weighted by Gasteiger charge is -2.14. The van der Waals surface area contributed by atoms with Gasteiger partial charge in [-0.1, -0.05) is 6.92 Å². The van der Waals surface area contributed by atoms with Crippen molar-refractivity contribution in [2.75, 3.05) is 24.2 Å². The number of nitrogens with one attached hydrogen (secondary N) is 3. The van der Waals surface area contributed by atoms with Crippen molar-refractivity contribution >= 4 is 17.3 Å². The predicted molar refractivity (Wildman–Crippen MR) is 70.2 cm³/mol. The Morgan fingerprint density at radius 2 is 2.12 bits per heavy atom. The molecule has 0 radical (unpaired) electrons. The van der Waals surface area contributed by atoms with E-state index in [1.54, 1.807) is 19.4 Å². The molecule has 0 aliphatic heterocycles. The molecule has 1 unspecified atom stereocenters. The minimum atomic E-state index is -0.275. The fraction of sp³-hybridized carbons (Fsp3) is 0.500. The third kappa shape index (κ3) is 4.30. The predicted octanol–water partition coefficient (Wildman–Crippen LogP) is 1.45. The van der Waals surface area contributed by atoms with Crippen LogP contribution in [0.4, 0.5) is 11.4 Å². The van der Waals surface area contributed by atoms with Gasteiger partial charge in [0.15, 0.2) is 0 Å². The van der Waals surface area contributed by atoms with E-state index in [9.17, 15) is 4.79 Å². The first-order valence-corrected chi connectivity index (χ1v) is 5.84. The molecular formula is C12H20N4O. The van der Waals surface area contributed by atoms with Crippen molar-refractivity contribution < 1.29 is 4.79 Å². The first-order chi connectivity index (χ1) is 8.17. The van der Waals surface area contributed by atoms with Crippen LogP contribution in [-0.4, -0.2) is 30.5 Å². The molecule has 1 heterocycles. The Labute approximate surface area is 102 Å². The Morgan fingerprint density at radius 3 is 2.76 bits per heavy atom. The molecular weight excluding hydrogens is 216 g/mol. The smallest absolute Gasteiger partial charge is 0.241 e. The largest absolute Gasteiger partial charge is 0.384 e. The molecule has 0 fully saturated rings. The van der Waals surface area contributed by atoms with Crippen molar-refractivity contribution in [3.8, 4) is 0 Å². The van der Waals surface area contributed by atoms with Crippen LogP contribution >= 0.6 is 0 Å². The van der Waals surface area contributed by atoms with Gasteiger partial charge in [0.05, 0.1) is 23.8 Å². The summed E-state index contributed by atoms with van der Waals surface area (Å²) >= 11 is 0. The monoisotopic (exact) mass is 236 g/mol. The molecule has 5 heteroatoms. The van der Waals surface area contributed by atoms with Crippen LogP contribution in [0.2, 0.25) is 0 Å². The molecule has 0 saturated carbocycles. The summed E-state index contributed by atoms with van der Waals surface area (Å²) in [6.45, 7) is 4.83. The molecule has 17 heavy (non-hydrogen) atoms. The maximum absolute atomic E-state index is 11.4. The molecule has 0 aromatic carbocycles. The van der Waals surface area contributed by atoms with Gasteiger partial charge in [-0.2, -0.15) is 0 Å². The summed E-state index contributed by atoms with van der Waals surface area (Å²) in [4.78, 5) is 15.5. The fourth-order valence-corrected chi connectivity index (χ4v) is 1.42. The SMILES string of the molecule is CCCNc1cncc(NC(C)C(=O)NC)c1. The zero-order valence-corrected chi connectivity index (χ0v) is 10.6. The highest BCUT2D eigenvalue weighted by Gasteiger charge is 2.10. The Bertz CT molecular complexity index is 367. The second-order valence-corrected chi connectivity index (χ2v) is 3.87. The number of anilines is 2. The van der Waals surface area contributed by atoms with Crippen molar-refractivity contribution in [2.45, 2.75) is 26.3 Å². The summed E-state index contributed by atoms with van der Waals surface area (Å²) in [5.41, 5.74) is 1.79. The minimum Gasteiger partial charge on any atom is -0.384 e. The van der Waals surface area contributed by atoms with Gasteiger partial charge >= 0.3 is 0 Å². The normalized spacial score (nSPS) is 11.7. The zero-order valence-electron chi connectivity index (χ0n) is 10.6. The van der Waals surface area contributed by atoms with Gasteiger partial charge in [0, 0.05) is 13.6 Å². The first-order valence-electron chi connectivity index (χ1n) is 5.84. The molecule has 1 aromatic heterocycles. The van der Waals surface area contributed by atoms with Crippen LogP contribution in [-0.2, 0) is 4.79 Å². The van der Waals surface area contributed by atoms with Crippen LogP contribution in [0.1, 0.15) is 20.3 Å². The van der Waals surface area contributed by atoms with E-state index in [1.807, 2.05) is 13.0 Å². The highest BCUT2D eigenvalue weighted by atomic mass is 16.2. The zero-order chi connectivity index (χ0) is 12.7. The number of carbonyl (C=O) groups is 1. The summed E-state index contributed by atoms with van der Waals surface area (Å²) in [5, 5.41) is 8.94. The van der Waals surface area contributed by atoms with Gasteiger partial charge in [-0.05, 0) is 19.4 Å². The van der Waals surface area contributed by atoms with E-state index in [4.69, 9.17) is 0 Å². The molecule has 1 amide bonds. The number of amides is 1. The molecule has 0 aliphatic carbocycles. The maximum atomic E-state index is 11.4. The van der Waals surface area contributed by atoms with Crippen LogP contribution in [0.15, 0.2) is 18.5 Å². The third-order valence-corrected chi connectivity index (χ3v) is 2.34. The maximum Gasteiger partial charge on any atom is 0.241 e. The van der Waals surface area contributed by atoms with Gasteiger partial charge < -0.3 is 16.0 Å². The number of likely N-dealkylation sites (N-methyl/N-ethyl adjacent to an activating group) is 1. The molecule has 0 aliphatic rings. The van der Waals surface area contributed by atoms with Crippen molar-refractivity contribution in [3.05, 3.63) is 18.5 Å². The minimum absolute atomic E-state index is 0.0445. The molecule has 3 N–H and O–H groups in total. The summed E-state index contributed by atoms with van der Waals surface area (Å²) in [6.07, 6.45) is 4.54. The lowest BCUT2D eigenvalue weighted by molar-refractivity contribution is -0.121. The Balaban J connectivity index is 2.62. The first kappa shape index (κ1) is 13.3. The third-order valence-electron chi connectivity index (χ3n) is 2.34. The molecule has 1 atom stereocenters. The number of pyridine rings is 1. The van der Waals surface area contributed by atoms with E-state index in [2.05, 4.69) is 27.9 Å². The molecule has 94 valence electrons.